The van der Waals surface area contributed by atoms with E-state index in [0.717, 1.165) is 38.4 Å². The minimum absolute atomic E-state index is 0.108. The molecule has 2 aromatic heterocycles. The van der Waals surface area contributed by atoms with Crippen molar-refractivity contribution in [1.82, 2.24) is 9.78 Å². The Hall–Kier alpha value is -2.63. The summed E-state index contributed by atoms with van der Waals surface area (Å²) in [6.45, 7) is 5.99. The number of aryl methyl sites for hydroxylation is 3. The Morgan fingerprint density at radius 2 is 1.70 bits per heavy atom. The molecule has 0 radical (unpaired) electrons. The van der Waals surface area contributed by atoms with Gasteiger partial charge in [0, 0.05) is 16.1 Å². The van der Waals surface area contributed by atoms with Crippen molar-refractivity contribution in [3.05, 3.63) is 75.3 Å². The number of hydrogen-bond donors (Lipinski definition) is 1. The zero-order chi connectivity index (χ0) is 19.1. The molecule has 0 atom stereocenters. The fourth-order valence-corrected chi connectivity index (χ4v) is 4.36. The molecule has 0 aliphatic heterocycles. The van der Waals surface area contributed by atoms with Gasteiger partial charge in [-0.15, -0.1) is 11.3 Å². The standard InChI is InChI=1S/C21H18ClN3OS/c1-12-8-13(2)10-16(9-12)23-20(26)19-11-18-14(3)24-25(21(18)27-19)17-6-4-15(22)5-7-17/h4-11H,1-3H3,(H,23,26). The predicted octanol–water partition coefficient (Wildman–Crippen LogP) is 5.92. The van der Waals surface area contributed by atoms with Crippen LogP contribution in [0, 0.1) is 20.8 Å². The molecule has 1 N–H and O–H groups in total. The fourth-order valence-electron chi connectivity index (χ4n) is 3.16. The van der Waals surface area contributed by atoms with Crippen molar-refractivity contribution < 1.29 is 4.79 Å². The Morgan fingerprint density at radius 1 is 1.04 bits per heavy atom. The average molecular weight is 396 g/mol. The minimum atomic E-state index is -0.108. The molecule has 136 valence electrons. The van der Waals surface area contributed by atoms with E-state index >= 15 is 0 Å². The molecule has 0 bridgehead atoms. The number of amides is 1. The number of rotatable bonds is 3. The summed E-state index contributed by atoms with van der Waals surface area (Å²) < 4.78 is 1.86. The molecule has 0 aliphatic carbocycles. The number of fused-ring (bicyclic) bond motifs is 1. The number of carbonyl (C=O) groups is 1. The summed E-state index contributed by atoms with van der Waals surface area (Å²) in [5, 5.41) is 9.28. The molecule has 0 saturated carbocycles. The number of nitrogens with one attached hydrogen (secondary N) is 1. The molecule has 0 spiro atoms. The van der Waals surface area contributed by atoms with E-state index in [1.54, 1.807) is 0 Å². The van der Waals surface area contributed by atoms with Gasteiger partial charge in [-0.05, 0) is 74.4 Å². The highest BCUT2D eigenvalue weighted by Gasteiger charge is 2.17. The number of thiophene rings is 1. The third kappa shape index (κ3) is 3.48. The number of halogens is 1. The Bertz CT molecular complexity index is 1140. The molecular weight excluding hydrogens is 378 g/mol. The molecule has 2 aromatic carbocycles. The van der Waals surface area contributed by atoms with Crippen LogP contribution in [0.5, 0.6) is 0 Å². The van der Waals surface area contributed by atoms with Crippen LogP contribution in [0.1, 0.15) is 26.5 Å². The van der Waals surface area contributed by atoms with Crippen LogP contribution >= 0.6 is 22.9 Å². The topological polar surface area (TPSA) is 46.9 Å². The lowest BCUT2D eigenvalue weighted by atomic mass is 10.1. The molecule has 4 aromatic rings. The molecule has 4 nitrogen and oxygen atoms in total. The molecule has 0 aliphatic rings. The lowest BCUT2D eigenvalue weighted by molar-refractivity contribution is 0.103. The van der Waals surface area contributed by atoms with Gasteiger partial charge in [-0.1, -0.05) is 17.7 Å². The number of benzene rings is 2. The van der Waals surface area contributed by atoms with Gasteiger partial charge in [-0.2, -0.15) is 5.10 Å². The molecule has 6 heteroatoms. The maximum atomic E-state index is 12.8. The van der Waals surface area contributed by atoms with Crippen LogP contribution in [-0.4, -0.2) is 15.7 Å². The highest BCUT2D eigenvalue weighted by molar-refractivity contribution is 7.20. The lowest BCUT2D eigenvalue weighted by Crippen LogP contribution is -2.10. The van der Waals surface area contributed by atoms with Gasteiger partial charge in [-0.25, -0.2) is 4.68 Å². The van der Waals surface area contributed by atoms with Crippen LogP contribution in [0.3, 0.4) is 0 Å². The van der Waals surface area contributed by atoms with E-state index in [4.69, 9.17) is 11.6 Å². The van der Waals surface area contributed by atoms with Gasteiger partial charge in [0.05, 0.1) is 16.3 Å². The summed E-state index contributed by atoms with van der Waals surface area (Å²) >= 11 is 7.42. The Labute approximate surface area is 166 Å². The maximum Gasteiger partial charge on any atom is 0.265 e. The van der Waals surface area contributed by atoms with Crippen LogP contribution in [0.25, 0.3) is 15.9 Å². The first-order valence-electron chi connectivity index (χ1n) is 8.55. The Kier molecular flexibility index (Phi) is 4.50. The fraction of sp³-hybridized carbons (Fsp3) is 0.143. The maximum absolute atomic E-state index is 12.8. The van der Waals surface area contributed by atoms with Crippen molar-refractivity contribution in [3.8, 4) is 5.69 Å². The Morgan fingerprint density at radius 3 is 2.37 bits per heavy atom. The second kappa shape index (κ2) is 6.83. The Balaban J connectivity index is 1.70. The first-order chi connectivity index (χ1) is 12.9. The molecule has 0 saturated heterocycles. The van der Waals surface area contributed by atoms with E-state index in [9.17, 15) is 4.79 Å². The minimum Gasteiger partial charge on any atom is -0.321 e. The number of nitrogens with zero attached hydrogens (tertiary/aromatic N) is 2. The molecule has 0 unspecified atom stereocenters. The number of anilines is 1. The van der Waals surface area contributed by atoms with Gasteiger partial charge < -0.3 is 5.32 Å². The number of aromatic nitrogens is 2. The summed E-state index contributed by atoms with van der Waals surface area (Å²) in [5.41, 5.74) is 4.86. The van der Waals surface area contributed by atoms with Crippen LogP contribution in [0.2, 0.25) is 5.02 Å². The van der Waals surface area contributed by atoms with E-state index in [2.05, 4.69) is 16.5 Å². The molecule has 0 fully saturated rings. The molecular formula is C21H18ClN3OS. The van der Waals surface area contributed by atoms with Gasteiger partial charge in [0.15, 0.2) is 0 Å². The van der Waals surface area contributed by atoms with Gasteiger partial charge in [-0.3, -0.25) is 4.79 Å². The number of carbonyl (C=O) groups excluding carboxylic acids is 1. The highest BCUT2D eigenvalue weighted by atomic mass is 35.5. The smallest absolute Gasteiger partial charge is 0.265 e. The van der Waals surface area contributed by atoms with Gasteiger partial charge in [0.2, 0.25) is 0 Å². The van der Waals surface area contributed by atoms with E-state index < -0.39 is 0 Å². The van der Waals surface area contributed by atoms with E-state index in [1.165, 1.54) is 11.3 Å². The molecule has 27 heavy (non-hydrogen) atoms. The third-order valence-electron chi connectivity index (χ3n) is 4.32. The largest absolute Gasteiger partial charge is 0.321 e. The second-order valence-corrected chi connectivity index (χ2v) is 8.10. The van der Waals surface area contributed by atoms with Crippen molar-refractivity contribution in [1.29, 1.82) is 0 Å². The highest BCUT2D eigenvalue weighted by Crippen LogP contribution is 2.31. The lowest BCUT2D eigenvalue weighted by Gasteiger charge is -2.06. The van der Waals surface area contributed by atoms with Crippen LogP contribution < -0.4 is 5.32 Å². The summed E-state index contributed by atoms with van der Waals surface area (Å²) in [6.07, 6.45) is 0. The van der Waals surface area contributed by atoms with Crippen LogP contribution in [0.15, 0.2) is 48.5 Å². The SMILES string of the molecule is Cc1cc(C)cc(NC(=O)c2cc3c(C)nn(-c4ccc(Cl)cc4)c3s2)c1. The summed E-state index contributed by atoms with van der Waals surface area (Å²) in [5.74, 6) is -0.108. The van der Waals surface area contributed by atoms with E-state index in [0.29, 0.717) is 9.90 Å². The number of hydrogen-bond acceptors (Lipinski definition) is 3. The summed E-state index contributed by atoms with van der Waals surface area (Å²) in [7, 11) is 0. The predicted molar refractivity (Wildman–Crippen MR) is 113 cm³/mol. The van der Waals surface area contributed by atoms with Crippen molar-refractivity contribution >= 4 is 44.7 Å². The van der Waals surface area contributed by atoms with Crippen molar-refractivity contribution in [2.75, 3.05) is 5.32 Å². The normalized spacial score (nSPS) is 11.1. The summed E-state index contributed by atoms with van der Waals surface area (Å²) in [6, 6.07) is 15.4. The quantitative estimate of drug-likeness (QED) is 0.468. The van der Waals surface area contributed by atoms with Crippen molar-refractivity contribution in [3.63, 3.8) is 0 Å². The summed E-state index contributed by atoms with van der Waals surface area (Å²) in [4.78, 5) is 14.4. The average Bonchev–Trinajstić information content (AvgIpc) is 3.16. The third-order valence-corrected chi connectivity index (χ3v) is 5.68. The van der Waals surface area contributed by atoms with E-state index in [1.807, 2.05) is 67.9 Å². The monoisotopic (exact) mass is 395 g/mol. The van der Waals surface area contributed by atoms with Gasteiger partial charge in [0.25, 0.3) is 5.91 Å². The zero-order valence-electron chi connectivity index (χ0n) is 15.2. The first kappa shape index (κ1) is 17.8. The van der Waals surface area contributed by atoms with Crippen molar-refractivity contribution in [2.45, 2.75) is 20.8 Å². The van der Waals surface area contributed by atoms with Crippen LogP contribution in [0.4, 0.5) is 5.69 Å². The second-order valence-electron chi connectivity index (χ2n) is 6.63. The molecule has 4 rings (SSSR count). The van der Waals surface area contributed by atoms with Crippen LogP contribution in [-0.2, 0) is 0 Å². The van der Waals surface area contributed by atoms with E-state index in [-0.39, 0.29) is 5.91 Å². The van der Waals surface area contributed by atoms with Crippen molar-refractivity contribution in [2.24, 2.45) is 0 Å². The first-order valence-corrected chi connectivity index (χ1v) is 9.75. The molecule has 1 amide bonds. The molecule has 2 heterocycles. The zero-order valence-corrected chi connectivity index (χ0v) is 16.8. The van der Waals surface area contributed by atoms with Gasteiger partial charge >= 0.3 is 0 Å². The van der Waals surface area contributed by atoms with Gasteiger partial charge in [0.1, 0.15) is 4.83 Å².